The molecule has 0 amide bonds. The van der Waals surface area contributed by atoms with Gasteiger partial charge in [-0.3, -0.25) is 9.59 Å². The summed E-state index contributed by atoms with van der Waals surface area (Å²) in [6.45, 7) is -0.807. The van der Waals surface area contributed by atoms with Gasteiger partial charge in [0.05, 0.1) is 6.42 Å². The molecular formula is C8H9N3O4. The number of ether oxygens (including phenoxy) is 2. The van der Waals surface area contributed by atoms with E-state index in [1.54, 1.807) is 12.1 Å². The Morgan fingerprint density at radius 2 is 1.73 bits per heavy atom. The molecule has 80 valence electrons. The molecule has 0 spiro atoms. The standard InChI is InChI=1S/C8H9N3O4/c9-1-3-14-7(12)5-6(11)8(13)15-4-2-10/h6H,3-5,11H2. The lowest BCUT2D eigenvalue weighted by atomic mass is 10.2. The Bertz CT molecular complexity index is 315. The first kappa shape index (κ1) is 12.9. The van der Waals surface area contributed by atoms with E-state index >= 15 is 0 Å². The predicted octanol–water partition coefficient (Wildman–Crippen LogP) is -1.16. The van der Waals surface area contributed by atoms with Crippen molar-refractivity contribution in [2.75, 3.05) is 13.2 Å². The average Bonchev–Trinajstić information content (AvgIpc) is 2.22. The van der Waals surface area contributed by atoms with E-state index in [1.165, 1.54) is 0 Å². The third-order valence-corrected chi connectivity index (χ3v) is 1.27. The van der Waals surface area contributed by atoms with Crippen LogP contribution in [0, 0.1) is 22.7 Å². The number of hydrogen-bond donors (Lipinski definition) is 1. The van der Waals surface area contributed by atoms with Crippen molar-refractivity contribution < 1.29 is 19.1 Å². The molecule has 0 aliphatic heterocycles. The normalized spacial score (nSPS) is 10.6. The zero-order chi connectivity index (χ0) is 11.7. The highest BCUT2D eigenvalue weighted by atomic mass is 16.5. The monoisotopic (exact) mass is 211 g/mol. The maximum atomic E-state index is 10.9. The number of nitrogens with zero attached hydrogens (tertiary/aromatic N) is 2. The quantitative estimate of drug-likeness (QED) is 0.568. The topological polar surface area (TPSA) is 126 Å². The minimum absolute atomic E-state index is 0.383. The van der Waals surface area contributed by atoms with E-state index < -0.39 is 31.2 Å². The van der Waals surface area contributed by atoms with Crippen LogP contribution in [0.3, 0.4) is 0 Å². The number of carbonyl (C=O) groups excluding carboxylic acids is 2. The molecule has 0 saturated carbocycles. The first-order chi connectivity index (χ1) is 7.11. The average molecular weight is 211 g/mol. The number of nitriles is 2. The minimum atomic E-state index is -1.18. The molecule has 1 atom stereocenters. The summed E-state index contributed by atoms with van der Waals surface area (Å²) in [5.41, 5.74) is 5.26. The molecule has 0 aromatic carbocycles. The summed E-state index contributed by atoms with van der Waals surface area (Å²) in [6.07, 6.45) is -0.383. The molecular weight excluding hydrogens is 202 g/mol. The molecule has 0 radical (unpaired) electrons. The fraction of sp³-hybridized carbons (Fsp3) is 0.500. The van der Waals surface area contributed by atoms with E-state index in [9.17, 15) is 9.59 Å². The number of rotatable bonds is 5. The lowest BCUT2D eigenvalue weighted by Gasteiger charge is -2.08. The fourth-order valence-corrected chi connectivity index (χ4v) is 0.645. The largest absolute Gasteiger partial charge is 0.450 e. The Balaban J connectivity index is 3.87. The maximum Gasteiger partial charge on any atom is 0.324 e. The van der Waals surface area contributed by atoms with Crippen molar-refractivity contribution in [2.45, 2.75) is 12.5 Å². The van der Waals surface area contributed by atoms with Crippen LogP contribution in [0.5, 0.6) is 0 Å². The minimum Gasteiger partial charge on any atom is -0.450 e. The first-order valence-corrected chi connectivity index (χ1v) is 3.93. The van der Waals surface area contributed by atoms with Crippen LogP contribution in [0.15, 0.2) is 0 Å². The Morgan fingerprint density at radius 1 is 1.20 bits per heavy atom. The molecule has 0 fully saturated rings. The summed E-state index contributed by atoms with van der Waals surface area (Å²) in [5.74, 6) is -1.62. The molecule has 0 aromatic rings. The van der Waals surface area contributed by atoms with Gasteiger partial charge in [0.25, 0.3) is 0 Å². The van der Waals surface area contributed by atoms with Gasteiger partial charge in [0.15, 0.2) is 13.2 Å². The van der Waals surface area contributed by atoms with E-state index in [0.29, 0.717) is 0 Å². The van der Waals surface area contributed by atoms with Crippen molar-refractivity contribution in [2.24, 2.45) is 5.73 Å². The highest BCUT2D eigenvalue weighted by Crippen LogP contribution is 1.95. The smallest absolute Gasteiger partial charge is 0.324 e. The van der Waals surface area contributed by atoms with Crippen molar-refractivity contribution >= 4 is 11.9 Å². The van der Waals surface area contributed by atoms with Gasteiger partial charge in [-0.05, 0) is 0 Å². The van der Waals surface area contributed by atoms with Crippen molar-refractivity contribution in [3.8, 4) is 12.1 Å². The summed E-state index contributed by atoms with van der Waals surface area (Å²) in [7, 11) is 0. The van der Waals surface area contributed by atoms with Crippen molar-refractivity contribution in [3.63, 3.8) is 0 Å². The zero-order valence-corrected chi connectivity index (χ0v) is 7.80. The fourth-order valence-electron chi connectivity index (χ4n) is 0.645. The molecule has 2 N–H and O–H groups in total. The van der Waals surface area contributed by atoms with Crippen molar-refractivity contribution in [1.82, 2.24) is 0 Å². The van der Waals surface area contributed by atoms with E-state index in [-0.39, 0.29) is 6.42 Å². The highest BCUT2D eigenvalue weighted by Gasteiger charge is 2.19. The van der Waals surface area contributed by atoms with Gasteiger partial charge < -0.3 is 15.2 Å². The molecule has 1 unspecified atom stereocenters. The van der Waals surface area contributed by atoms with Gasteiger partial charge in [-0.15, -0.1) is 0 Å². The van der Waals surface area contributed by atoms with E-state index in [0.717, 1.165) is 0 Å². The second kappa shape index (κ2) is 7.30. The van der Waals surface area contributed by atoms with Crippen LogP contribution in [0.4, 0.5) is 0 Å². The molecule has 0 heterocycles. The Hall–Kier alpha value is -2.12. The zero-order valence-electron chi connectivity index (χ0n) is 7.80. The third kappa shape index (κ3) is 6.02. The van der Waals surface area contributed by atoms with E-state index in [4.69, 9.17) is 16.3 Å². The molecule has 7 nitrogen and oxygen atoms in total. The Kier molecular flexibility index (Phi) is 6.27. The maximum absolute atomic E-state index is 10.9. The molecule has 0 rings (SSSR count). The highest BCUT2D eigenvalue weighted by molar-refractivity contribution is 5.82. The van der Waals surface area contributed by atoms with Crippen LogP contribution < -0.4 is 5.73 Å². The lowest BCUT2D eigenvalue weighted by molar-refractivity contribution is -0.150. The second-order valence-electron chi connectivity index (χ2n) is 2.40. The molecule has 0 aliphatic carbocycles. The summed E-state index contributed by atoms with van der Waals surface area (Å²) < 4.78 is 8.72. The van der Waals surface area contributed by atoms with Crippen LogP contribution in [-0.2, 0) is 19.1 Å². The van der Waals surface area contributed by atoms with Crippen LogP contribution >= 0.6 is 0 Å². The number of esters is 2. The summed E-state index contributed by atoms with van der Waals surface area (Å²) in [4.78, 5) is 21.8. The van der Waals surface area contributed by atoms with Crippen molar-refractivity contribution in [1.29, 1.82) is 10.5 Å². The molecule has 0 aliphatic rings. The van der Waals surface area contributed by atoms with Crippen LogP contribution in [-0.4, -0.2) is 31.2 Å². The van der Waals surface area contributed by atoms with Gasteiger partial charge in [-0.2, -0.15) is 10.5 Å². The Labute approximate surface area is 86.0 Å². The summed E-state index contributed by atoms with van der Waals surface area (Å²) in [5, 5.41) is 16.2. The van der Waals surface area contributed by atoms with E-state index in [1.807, 2.05) is 0 Å². The molecule has 0 bridgehead atoms. The summed E-state index contributed by atoms with van der Waals surface area (Å²) in [6, 6.07) is 2.00. The molecule has 0 saturated heterocycles. The molecule has 0 aromatic heterocycles. The molecule has 15 heavy (non-hydrogen) atoms. The van der Waals surface area contributed by atoms with Crippen LogP contribution in [0.1, 0.15) is 6.42 Å². The van der Waals surface area contributed by atoms with Crippen LogP contribution in [0.25, 0.3) is 0 Å². The van der Waals surface area contributed by atoms with Gasteiger partial charge in [-0.25, -0.2) is 0 Å². The van der Waals surface area contributed by atoms with Gasteiger partial charge in [0, 0.05) is 0 Å². The Morgan fingerprint density at radius 3 is 2.27 bits per heavy atom. The third-order valence-electron chi connectivity index (χ3n) is 1.27. The van der Waals surface area contributed by atoms with E-state index in [2.05, 4.69) is 9.47 Å². The number of hydrogen-bond acceptors (Lipinski definition) is 7. The SMILES string of the molecule is N#CCOC(=O)CC(N)C(=O)OCC#N. The first-order valence-electron chi connectivity index (χ1n) is 3.93. The predicted molar refractivity (Wildman–Crippen MR) is 45.7 cm³/mol. The van der Waals surface area contributed by atoms with Crippen molar-refractivity contribution in [3.05, 3.63) is 0 Å². The van der Waals surface area contributed by atoms with Gasteiger partial charge in [0.2, 0.25) is 0 Å². The van der Waals surface area contributed by atoms with Gasteiger partial charge in [0.1, 0.15) is 18.2 Å². The number of carbonyl (C=O) groups is 2. The molecule has 7 heteroatoms. The number of nitrogens with two attached hydrogens (primary N) is 1. The van der Waals surface area contributed by atoms with Gasteiger partial charge in [-0.1, -0.05) is 0 Å². The lowest BCUT2D eigenvalue weighted by Crippen LogP contribution is -2.35. The van der Waals surface area contributed by atoms with Gasteiger partial charge >= 0.3 is 11.9 Å². The second-order valence-corrected chi connectivity index (χ2v) is 2.40. The summed E-state index contributed by atoms with van der Waals surface area (Å²) >= 11 is 0. The van der Waals surface area contributed by atoms with Crippen LogP contribution in [0.2, 0.25) is 0 Å².